The van der Waals surface area contributed by atoms with Gasteiger partial charge in [0, 0.05) is 12.1 Å². The van der Waals surface area contributed by atoms with Crippen molar-refractivity contribution in [2.75, 3.05) is 0 Å². The van der Waals surface area contributed by atoms with Crippen LogP contribution in [0.25, 0.3) is 11.0 Å². The Bertz CT molecular complexity index is 587. The Hall–Kier alpha value is -1.09. The topological polar surface area (TPSA) is 17.8 Å². The van der Waals surface area contributed by atoms with Crippen LogP contribution in [0.5, 0.6) is 0 Å². The average Bonchev–Trinajstić information content (AvgIpc) is 3.08. The summed E-state index contributed by atoms with van der Waals surface area (Å²) < 4.78 is 15.5. The van der Waals surface area contributed by atoms with Crippen LogP contribution < -0.4 is 0 Å². The summed E-state index contributed by atoms with van der Waals surface area (Å²) in [5.41, 5.74) is 1.68. The van der Waals surface area contributed by atoms with Crippen LogP contribution in [0.1, 0.15) is 43.9 Å². The quantitative estimate of drug-likeness (QED) is 0.751. The van der Waals surface area contributed by atoms with E-state index in [4.69, 9.17) is 11.6 Å². The van der Waals surface area contributed by atoms with E-state index in [0.717, 1.165) is 11.3 Å². The van der Waals surface area contributed by atoms with Gasteiger partial charge in [-0.05, 0) is 44.7 Å². The number of aromatic nitrogens is 2. The number of halogens is 2. The van der Waals surface area contributed by atoms with Gasteiger partial charge in [0.25, 0.3) is 0 Å². The molecule has 1 aromatic carbocycles. The van der Waals surface area contributed by atoms with Crippen LogP contribution in [0.4, 0.5) is 4.39 Å². The Balaban J connectivity index is 2.21. The highest BCUT2D eigenvalue weighted by molar-refractivity contribution is 6.20. The number of hydrogen-bond donors (Lipinski definition) is 0. The Morgan fingerprint density at radius 3 is 2.72 bits per heavy atom. The van der Waals surface area contributed by atoms with Gasteiger partial charge in [-0.3, -0.25) is 0 Å². The van der Waals surface area contributed by atoms with Crippen molar-refractivity contribution >= 4 is 22.6 Å². The third kappa shape index (κ3) is 1.91. The van der Waals surface area contributed by atoms with E-state index in [9.17, 15) is 4.39 Å². The van der Waals surface area contributed by atoms with Crippen molar-refractivity contribution in [2.45, 2.75) is 38.1 Å². The molecule has 1 aliphatic rings. The summed E-state index contributed by atoms with van der Waals surface area (Å²) in [7, 11) is 0. The van der Waals surface area contributed by atoms with E-state index in [1.54, 1.807) is 6.07 Å². The fourth-order valence-corrected chi connectivity index (χ4v) is 2.74. The highest BCUT2D eigenvalue weighted by atomic mass is 35.5. The summed E-state index contributed by atoms with van der Waals surface area (Å²) in [6.45, 7) is 4.11. The van der Waals surface area contributed by atoms with Crippen molar-refractivity contribution in [3.05, 3.63) is 29.8 Å². The van der Waals surface area contributed by atoms with Crippen molar-refractivity contribution in [2.24, 2.45) is 5.92 Å². The monoisotopic (exact) mass is 266 g/mol. The molecular formula is C14H16ClFN2. The molecule has 3 rings (SSSR count). The van der Waals surface area contributed by atoms with Gasteiger partial charge in [0.15, 0.2) is 0 Å². The van der Waals surface area contributed by atoms with Gasteiger partial charge in [0.05, 0.1) is 16.4 Å². The van der Waals surface area contributed by atoms with Crippen molar-refractivity contribution in [1.82, 2.24) is 9.55 Å². The number of alkyl halides is 1. The van der Waals surface area contributed by atoms with Gasteiger partial charge in [-0.15, -0.1) is 11.6 Å². The van der Waals surface area contributed by atoms with Gasteiger partial charge in [-0.1, -0.05) is 0 Å². The van der Waals surface area contributed by atoms with Gasteiger partial charge >= 0.3 is 0 Å². The Kier molecular flexibility index (Phi) is 2.81. The lowest BCUT2D eigenvalue weighted by molar-refractivity contribution is 0.479. The Labute approximate surface area is 111 Å². The van der Waals surface area contributed by atoms with E-state index in [0.29, 0.717) is 17.5 Å². The van der Waals surface area contributed by atoms with E-state index in [2.05, 4.69) is 16.5 Å². The van der Waals surface area contributed by atoms with Gasteiger partial charge in [0.1, 0.15) is 11.6 Å². The van der Waals surface area contributed by atoms with Crippen LogP contribution in [0, 0.1) is 11.7 Å². The minimum absolute atomic E-state index is 0.165. The maximum absolute atomic E-state index is 13.3. The number of hydrogen-bond acceptors (Lipinski definition) is 1. The minimum Gasteiger partial charge on any atom is -0.324 e. The summed E-state index contributed by atoms with van der Waals surface area (Å²) in [4.78, 5) is 4.50. The maximum atomic E-state index is 13.3. The molecule has 1 saturated carbocycles. The highest BCUT2D eigenvalue weighted by Crippen LogP contribution is 2.42. The molecule has 1 aliphatic carbocycles. The minimum atomic E-state index is -0.250. The number of imidazole rings is 1. The first-order chi connectivity index (χ1) is 8.58. The van der Waals surface area contributed by atoms with Crippen LogP contribution in [0.3, 0.4) is 0 Å². The zero-order valence-electron chi connectivity index (χ0n) is 10.5. The largest absolute Gasteiger partial charge is 0.324 e. The molecule has 0 N–H and O–H groups in total. The molecule has 2 atom stereocenters. The van der Waals surface area contributed by atoms with E-state index in [1.807, 2.05) is 6.92 Å². The van der Waals surface area contributed by atoms with Crippen LogP contribution >= 0.6 is 11.6 Å². The average molecular weight is 267 g/mol. The van der Waals surface area contributed by atoms with Gasteiger partial charge in [0.2, 0.25) is 0 Å². The van der Waals surface area contributed by atoms with E-state index in [-0.39, 0.29) is 11.2 Å². The Morgan fingerprint density at radius 1 is 1.39 bits per heavy atom. The predicted octanol–water partition coefficient (Wildman–Crippen LogP) is 4.45. The molecule has 0 radical (unpaired) electrons. The third-order valence-electron chi connectivity index (χ3n) is 3.75. The summed E-state index contributed by atoms with van der Waals surface area (Å²) in [5.74, 6) is 1.30. The summed E-state index contributed by atoms with van der Waals surface area (Å²) in [6.07, 6.45) is 2.52. The number of rotatable bonds is 3. The molecule has 2 nitrogen and oxygen atoms in total. The van der Waals surface area contributed by atoms with Crippen molar-refractivity contribution in [3.8, 4) is 0 Å². The van der Waals surface area contributed by atoms with Gasteiger partial charge in [-0.25, -0.2) is 9.37 Å². The normalized spacial score (nSPS) is 19.1. The van der Waals surface area contributed by atoms with Crippen molar-refractivity contribution in [1.29, 1.82) is 0 Å². The predicted molar refractivity (Wildman–Crippen MR) is 71.4 cm³/mol. The second-order valence-corrected chi connectivity index (χ2v) is 5.82. The van der Waals surface area contributed by atoms with Gasteiger partial charge in [-0.2, -0.15) is 0 Å². The molecule has 0 spiro atoms. The maximum Gasteiger partial charge on any atom is 0.127 e. The molecular weight excluding hydrogens is 251 g/mol. The van der Waals surface area contributed by atoms with Crippen LogP contribution in [-0.4, -0.2) is 9.55 Å². The zero-order chi connectivity index (χ0) is 12.9. The van der Waals surface area contributed by atoms with E-state index in [1.165, 1.54) is 25.0 Å². The highest BCUT2D eigenvalue weighted by Gasteiger charge is 2.32. The van der Waals surface area contributed by atoms with Crippen molar-refractivity contribution in [3.63, 3.8) is 0 Å². The molecule has 0 bridgehead atoms. The molecule has 1 heterocycles. The molecule has 96 valence electrons. The second kappa shape index (κ2) is 4.23. The summed E-state index contributed by atoms with van der Waals surface area (Å²) >= 11 is 6.21. The lowest BCUT2D eigenvalue weighted by atomic mass is 10.2. The number of fused-ring (bicyclic) bond motifs is 1. The van der Waals surface area contributed by atoms with Crippen LogP contribution in [-0.2, 0) is 0 Å². The first kappa shape index (κ1) is 12.0. The number of nitrogens with zero attached hydrogens (tertiary/aromatic N) is 2. The molecule has 1 fully saturated rings. The molecule has 0 aliphatic heterocycles. The second-order valence-electron chi connectivity index (χ2n) is 5.17. The number of benzene rings is 1. The van der Waals surface area contributed by atoms with Crippen LogP contribution in [0.2, 0.25) is 0 Å². The summed E-state index contributed by atoms with van der Waals surface area (Å²) in [5, 5.41) is -0.165. The lowest BCUT2D eigenvalue weighted by Gasteiger charge is -2.18. The lowest BCUT2D eigenvalue weighted by Crippen LogP contribution is -2.11. The van der Waals surface area contributed by atoms with Gasteiger partial charge < -0.3 is 4.57 Å². The fourth-order valence-electron chi connectivity index (χ4n) is 2.59. The van der Waals surface area contributed by atoms with E-state index < -0.39 is 0 Å². The first-order valence-electron chi connectivity index (χ1n) is 6.39. The fraction of sp³-hybridized carbons (Fsp3) is 0.500. The Morgan fingerprint density at radius 2 is 2.11 bits per heavy atom. The van der Waals surface area contributed by atoms with Crippen molar-refractivity contribution < 1.29 is 4.39 Å². The molecule has 2 unspecified atom stereocenters. The van der Waals surface area contributed by atoms with Crippen LogP contribution in [0.15, 0.2) is 18.2 Å². The van der Waals surface area contributed by atoms with E-state index >= 15 is 0 Å². The molecule has 1 aromatic heterocycles. The standard InChI is InChI=1S/C14H16ClFN2/c1-8(15)14-17-12-7-11(16)5-6-13(12)18(14)9(2)10-3-4-10/h5-10H,3-4H2,1-2H3. The molecule has 0 saturated heterocycles. The molecule has 0 amide bonds. The SMILES string of the molecule is CC(Cl)c1nc2cc(F)ccc2n1C(C)C1CC1. The molecule has 2 aromatic rings. The molecule has 4 heteroatoms. The summed E-state index contributed by atoms with van der Waals surface area (Å²) in [6, 6.07) is 5.16. The third-order valence-corrected chi connectivity index (χ3v) is 3.94. The zero-order valence-corrected chi connectivity index (χ0v) is 11.3. The first-order valence-corrected chi connectivity index (χ1v) is 6.83. The smallest absolute Gasteiger partial charge is 0.127 e. The molecule has 18 heavy (non-hydrogen) atoms.